The fraction of sp³-hybridized carbons (Fsp3) is 0.421. The van der Waals surface area contributed by atoms with Gasteiger partial charge in [-0.15, -0.1) is 11.3 Å². The van der Waals surface area contributed by atoms with Crippen LogP contribution in [0.15, 0.2) is 46.7 Å². The van der Waals surface area contributed by atoms with Crippen LogP contribution in [0.2, 0.25) is 0 Å². The van der Waals surface area contributed by atoms with Gasteiger partial charge < -0.3 is 0 Å². The number of hydrogen-bond donors (Lipinski definition) is 1. The molecular formula is C19H24N2O3S2. The Hall–Kier alpha value is -1.54. The maximum Gasteiger partial charge on any atom is 0.240 e. The largest absolute Gasteiger partial charge is 0.298 e. The summed E-state index contributed by atoms with van der Waals surface area (Å²) in [5.41, 5.74) is 0.516. The zero-order valence-electron chi connectivity index (χ0n) is 14.8. The van der Waals surface area contributed by atoms with Crippen molar-refractivity contribution in [1.29, 1.82) is 0 Å². The highest BCUT2D eigenvalue weighted by molar-refractivity contribution is 7.89. The molecular weight excluding hydrogens is 368 g/mol. The third kappa shape index (κ3) is 5.01. The zero-order chi connectivity index (χ0) is 18.6. The summed E-state index contributed by atoms with van der Waals surface area (Å²) in [6, 6.07) is 10.3. The summed E-state index contributed by atoms with van der Waals surface area (Å²) in [6.45, 7) is 4.91. The molecule has 0 spiro atoms. The summed E-state index contributed by atoms with van der Waals surface area (Å²) in [7, 11) is -3.53. The second-order valence-corrected chi connectivity index (χ2v) is 9.53. The number of rotatable bonds is 7. The molecule has 26 heavy (non-hydrogen) atoms. The quantitative estimate of drug-likeness (QED) is 0.735. The number of Topliss-reactive ketones (excluding diaryl/α,β-unsaturated/α-hetero) is 1. The van der Waals surface area contributed by atoms with E-state index in [1.165, 1.54) is 23.9 Å². The standard InChI is InChI=1S/C19H24N2O3S2/c1-15(22)17-4-6-19(7-5-17)26(23,24)20-13-16-8-10-21(11-9-16)14-18-3-2-12-25-18/h2-7,12,16,20H,8-11,13-14H2,1H3. The first-order chi connectivity index (χ1) is 12.4. The maximum atomic E-state index is 12.4. The molecule has 2 aromatic rings. The Kier molecular flexibility index (Phi) is 6.24. The average molecular weight is 393 g/mol. The monoisotopic (exact) mass is 392 g/mol. The van der Waals surface area contributed by atoms with Crippen molar-refractivity contribution in [3.05, 3.63) is 52.2 Å². The van der Waals surface area contributed by atoms with Crippen LogP contribution in [0.4, 0.5) is 0 Å². The van der Waals surface area contributed by atoms with Gasteiger partial charge in [0, 0.05) is 23.5 Å². The van der Waals surface area contributed by atoms with Crippen LogP contribution in [0, 0.1) is 5.92 Å². The van der Waals surface area contributed by atoms with Crippen LogP contribution in [-0.2, 0) is 16.6 Å². The highest BCUT2D eigenvalue weighted by atomic mass is 32.2. The summed E-state index contributed by atoms with van der Waals surface area (Å²) in [5, 5.41) is 2.10. The van der Waals surface area contributed by atoms with Crippen molar-refractivity contribution in [2.45, 2.75) is 31.2 Å². The number of carbonyl (C=O) groups is 1. The second kappa shape index (κ2) is 8.43. The molecule has 0 atom stereocenters. The van der Waals surface area contributed by atoms with Crippen molar-refractivity contribution in [3.8, 4) is 0 Å². The lowest BCUT2D eigenvalue weighted by Crippen LogP contribution is -2.38. The number of nitrogens with zero attached hydrogens (tertiary/aromatic N) is 1. The first kappa shape index (κ1) is 19.2. The molecule has 7 heteroatoms. The van der Waals surface area contributed by atoms with E-state index in [4.69, 9.17) is 0 Å². The molecule has 0 amide bonds. The molecule has 5 nitrogen and oxygen atoms in total. The van der Waals surface area contributed by atoms with Crippen molar-refractivity contribution in [3.63, 3.8) is 0 Å². The smallest absolute Gasteiger partial charge is 0.240 e. The van der Waals surface area contributed by atoms with Gasteiger partial charge in [-0.25, -0.2) is 13.1 Å². The Bertz CT molecular complexity index is 822. The number of thiophene rings is 1. The second-order valence-electron chi connectivity index (χ2n) is 6.73. The number of ketones is 1. The predicted molar refractivity (Wildman–Crippen MR) is 104 cm³/mol. The Morgan fingerprint density at radius 1 is 1.19 bits per heavy atom. The third-order valence-corrected chi connectivity index (χ3v) is 7.10. The normalized spacial score (nSPS) is 16.7. The molecule has 1 aromatic carbocycles. The maximum absolute atomic E-state index is 12.4. The van der Waals surface area contributed by atoms with Crippen LogP contribution in [0.3, 0.4) is 0 Å². The Balaban J connectivity index is 1.48. The fourth-order valence-electron chi connectivity index (χ4n) is 3.15. The van der Waals surface area contributed by atoms with Crippen molar-refractivity contribution >= 4 is 27.1 Å². The van der Waals surface area contributed by atoms with Crippen molar-refractivity contribution in [1.82, 2.24) is 9.62 Å². The minimum atomic E-state index is -3.53. The topological polar surface area (TPSA) is 66.5 Å². The van der Waals surface area contributed by atoms with Gasteiger partial charge >= 0.3 is 0 Å². The lowest BCUT2D eigenvalue weighted by molar-refractivity contribution is 0.101. The average Bonchev–Trinajstić information content (AvgIpc) is 3.14. The molecule has 0 saturated carbocycles. The van der Waals surface area contributed by atoms with Gasteiger partial charge in [-0.05, 0) is 62.4 Å². The van der Waals surface area contributed by atoms with Gasteiger partial charge in [-0.1, -0.05) is 18.2 Å². The Labute approximate surface area is 159 Å². The Morgan fingerprint density at radius 2 is 1.88 bits per heavy atom. The van der Waals surface area contributed by atoms with E-state index in [1.54, 1.807) is 23.5 Å². The summed E-state index contributed by atoms with van der Waals surface area (Å²) in [6.07, 6.45) is 1.99. The number of piperidine rings is 1. The molecule has 2 heterocycles. The molecule has 0 radical (unpaired) electrons. The van der Waals surface area contributed by atoms with Crippen molar-refractivity contribution in [2.75, 3.05) is 19.6 Å². The van der Waals surface area contributed by atoms with E-state index in [9.17, 15) is 13.2 Å². The SMILES string of the molecule is CC(=O)c1ccc(S(=O)(=O)NCC2CCN(Cc3cccs3)CC2)cc1. The van der Waals surface area contributed by atoms with E-state index in [0.717, 1.165) is 32.5 Å². The van der Waals surface area contributed by atoms with Crippen LogP contribution in [0.5, 0.6) is 0 Å². The first-order valence-corrected chi connectivity index (χ1v) is 11.2. The van der Waals surface area contributed by atoms with E-state index in [-0.39, 0.29) is 10.7 Å². The summed E-state index contributed by atoms with van der Waals surface area (Å²) < 4.78 is 27.6. The van der Waals surface area contributed by atoms with Gasteiger partial charge in [0.25, 0.3) is 0 Å². The van der Waals surface area contributed by atoms with Crippen molar-refractivity contribution < 1.29 is 13.2 Å². The molecule has 0 aliphatic carbocycles. The number of hydrogen-bond acceptors (Lipinski definition) is 5. The van der Waals surface area contributed by atoms with Crippen LogP contribution >= 0.6 is 11.3 Å². The number of carbonyl (C=O) groups excluding carboxylic acids is 1. The molecule has 1 aliphatic heterocycles. The van der Waals surface area contributed by atoms with Gasteiger partial charge in [-0.3, -0.25) is 9.69 Å². The highest BCUT2D eigenvalue weighted by Crippen LogP contribution is 2.21. The minimum absolute atomic E-state index is 0.0729. The van der Waals surface area contributed by atoms with Crippen LogP contribution < -0.4 is 4.72 Å². The number of benzene rings is 1. The van der Waals surface area contributed by atoms with Gasteiger partial charge in [0.15, 0.2) is 5.78 Å². The molecule has 0 unspecified atom stereocenters. The zero-order valence-corrected chi connectivity index (χ0v) is 16.5. The highest BCUT2D eigenvalue weighted by Gasteiger charge is 2.22. The van der Waals surface area contributed by atoms with E-state index in [0.29, 0.717) is 18.0 Å². The molecule has 1 aliphatic rings. The van der Waals surface area contributed by atoms with Crippen LogP contribution in [0.25, 0.3) is 0 Å². The van der Waals surface area contributed by atoms with Gasteiger partial charge in [0.1, 0.15) is 0 Å². The predicted octanol–water partition coefficient (Wildman–Crippen LogP) is 3.14. The molecule has 0 bridgehead atoms. The lowest BCUT2D eigenvalue weighted by atomic mass is 9.97. The molecule has 1 saturated heterocycles. The molecule has 1 aromatic heterocycles. The fourth-order valence-corrected chi connectivity index (χ4v) is 5.01. The molecule has 140 valence electrons. The van der Waals surface area contributed by atoms with E-state index in [2.05, 4.69) is 27.1 Å². The van der Waals surface area contributed by atoms with Gasteiger partial charge in [0.2, 0.25) is 10.0 Å². The van der Waals surface area contributed by atoms with Crippen molar-refractivity contribution in [2.24, 2.45) is 5.92 Å². The van der Waals surface area contributed by atoms with Gasteiger partial charge in [-0.2, -0.15) is 0 Å². The van der Waals surface area contributed by atoms with E-state index in [1.807, 2.05) is 0 Å². The number of likely N-dealkylation sites (tertiary alicyclic amines) is 1. The lowest BCUT2D eigenvalue weighted by Gasteiger charge is -2.31. The molecule has 1 fully saturated rings. The molecule has 1 N–H and O–H groups in total. The third-order valence-electron chi connectivity index (χ3n) is 4.80. The van der Waals surface area contributed by atoms with E-state index >= 15 is 0 Å². The van der Waals surface area contributed by atoms with E-state index < -0.39 is 10.0 Å². The van der Waals surface area contributed by atoms with Crippen LogP contribution in [-0.4, -0.2) is 38.7 Å². The molecule has 3 rings (SSSR count). The summed E-state index contributed by atoms with van der Waals surface area (Å²) in [4.78, 5) is 15.3. The summed E-state index contributed by atoms with van der Waals surface area (Å²) in [5.74, 6) is 0.289. The van der Waals surface area contributed by atoms with Crippen LogP contribution in [0.1, 0.15) is 35.0 Å². The number of nitrogens with one attached hydrogen (secondary N) is 1. The minimum Gasteiger partial charge on any atom is -0.298 e. The summed E-state index contributed by atoms with van der Waals surface area (Å²) >= 11 is 1.78. The Morgan fingerprint density at radius 3 is 2.46 bits per heavy atom. The van der Waals surface area contributed by atoms with Gasteiger partial charge in [0.05, 0.1) is 4.90 Å². The first-order valence-electron chi connectivity index (χ1n) is 8.79. The number of sulfonamides is 1.